The van der Waals surface area contributed by atoms with Crippen LogP contribution in [0.25, 0.3) is 32.2 Å². The first kappa shape index (κ1) is 28.4. The number of pyridine rings is 1. The summed E-state index contributed by atoms with van der Waals surface area (Å²) in [6.07, 6.45) is 1.21. The zero-order valence-corrected chi connectivity index (χ0v) is 24.6. The molecular formula is C30H33FN4O6S. The predicted octanol–water partition coefficient (Wildman–Crippen LogP) is 4.91. The predicted molar refractivity (Wildman–Crippen MR) is 159 cm³/mol. The van der Waals surface area contributed by atoms with Crippen molar-refractivity contribution >= 4 is 38.8 Å². The van der Waals surface area contributed by atoms with Gasteiger partial charge in [0.05, 0.1) is 5.52 Å². The molecule has 222 valence electrons. The Bertz CT molecular complexity index is 1740. The van der Waals surface area contributed by atoms with Gasteiger partial charge in [0, 0.05) is 49.7 Å². The summed E-state index contributed by atoms with van der Waals surface area (Å²) < 4.78 is 31.1. The average molecular weight is 597 g/mol. The third-order valence-corrected chi connectivity index (χ3v) is 8.28. The molecule has 0 radical (unpaired) electrons. The number of hydrogen-bond donors (Lipinski definition) is 1. The van der Waals surface area contributed by atoms with Crippen molar-refractivity contribution in [3.05, 3.63) is 62.8 Å². The van der Waals surface area contributed by atoms with Crippen molar-refractivity contribution in [2.24, 2.45) is 0 Å². The Morgan fingerprint density at radius 3 is 2.45 bits per heavy atom. The van der Waals surface area contributed by atoms with Gasteiger partial charge >= 0.3 is 6.16 Å². The summed E-state index contributed by atoms with van der Waals surface area (Å²) in [7, 11) is 0. The summed E-state index contributed by atoms with van der Waals surface area (Å²) in [4.78, 5) is 45.4. The lowest BCUT2D eigenvalue weighted by atomic mass is 10.0. The number of aromatic amines is 1. The van der Waals surface area contributed by atoms with Crippen LogP contribution in [-0.4, -0.2) is 70.0 Å². The molecule has 3 heterocycles. The second-order valence-corrected chi connectivity index (χ2v) is 12.5. The molecule has 0 unspecified atom stereocenters. The molecule has 2 aliphatic rings. The Balaban J connectivity index is 1.09. The van der Waals surface area contributed by atoms with Gasteiger partial charge in [-0.25, -0.2) is 9.18 Å². The molecule has 2 fully saturated rings. The minimum Gasteiger partial charge on any atom is -0.492 e. The van der Waals surface area contributed by atoms with E-state index in [9.17, 15) is 14.4 Å². The minimum atomic E-state index is -0.695. The van der Waals surface area contributed by atoms with Crippen molar-refractivity contribution < 1.29 is 23.5 Å². The van der Waals surface area contributed by atoms with E-state index < -0.39 is 28.6 Å². The highest BCUT2D eigenvalue weighted by molar-refractivity contribution is 7.12. The molecular weight excluding hydrogens is 563 g/mol. The number of hydroxylamine groups is 2. The number of hydrogen-bond acceptors (Lipinski definition) is 9. The number of aromatic nitrogens is 2. The standard InChI is InChI=1S/C30H33FN4O6S/c1-30(2,3)40-29(38)41-34-12-10-33(11-13-34)14-15-39-20-8-4-18(5-9-20)21-17-24-22(16-23(21)31)26(36)25-27(37)32-42-28(25)35(24)19-6-7-19/h4-5,8-9,16-17,19H,6-7,10-15H2,1-3H3,(H,32,37). The third kappa shape index (κ3) is 5.92. The lowest BCUT2D eigenvalue weighted by Gasteiger charge is -2.33. The van der Waals surface area contributed by atoms with E-state index in [0.29, 0.717) is 53.5 Å². The van der Waals surface area contributed by atoms with E-state index in [1.54, 1.807) is 56.2 Å². The Morgan fingerprint density at radius 2 is 1.79 bits per heavy atom. The Labute approximate surface area is 245 Å². The number of halogens is 1. The molecule has 1 saturated heterocycles. The van der Waals surface area contributed by atoms with Gasteiger partial charge in [-0.1, -0.05) is 12.1 Å². The molecule has 0 atom stereocenters. The minimum absolute atomic E-state index is 0.101. The second-order valence-electron chi connectivity index (χ2n) is 11.7. The van der Waals surface area contributed by atoms with Crippen LogP contribution < -0.4 is 15.7 Å². The van der Waals surface area contributed by atoms with E-state index in [2.05, 4.69) is 9.27 Å². The number of piperazine rings is 1. The molecule has 1 aliphatic heterocycles. The van der Waals surface area contributed by atoms with Crippen LogP contribution >= 0.6 is 11.5 Å². The Hall–Kier alpha value is -3.74. The quantitative estimate of drug-likeness (QED) is 0.300. The third-order valence-electron chi connectivity index (χ3n) is 7.39. The topological polar surface area (TPSA) is 106 Å². The molecule has 2 aromatic heterocycles. The van der Waals surface area contributed by atoms with Crippen molar-refractivity contribution in [3.63, 3.8) is 0 Å². The van der Waals surface area contributed by atoms with Crippen LogP contribution in [-0.2, 0) is 9.57 Å². The molecule has 2 aromatic carbocycles. The molecule has 4 aromatic rings. The summed E-state index contributed by atoms with van der Waals surface area (Å²) in [5.41, 5.74) is 0.227. The smallest absolute Gasteiger partial charge is 0.492 e. The van der Waals surface area contributed by atoms with Gasteiger partial charge in [0.15, 0.2) is 0 Å². The van der Waals surface area contributed by atoms with Crippen molar-refractivity contribution in [1.29, 1.82) is 0 Å². The Morgan fingerprint density at radius 1 is 1.07 bits per heavy atom. The fourth-order valence-electron chi connectivity index (χ4n) is 5.21. The van der Waals surface area contributed by atoms with Gasteiger partial charge < -0.3 is 18.9 Å². The number of ether oxygens (including phenoxy) is 2. The second kappa shape index (κ2) is 11.2. The van der Waals surface area contributed by atoms with Crippen LogP contribution in [0.15, 0.2) is 46.0 Å². The zero-order chi connectivity index (χ0) is 29.6. The van der Waals surface area contributed by atoms with Crippen molar-refractivity contribution in [3.8, 4) is 16.9 Å². The van der Waals surface area contributed by atoms with E-state index in [1.807, 2.05) is 4.57 Å². The largest absolute Gasteiger partial charge is 0.528 e. The summed E-state index contributed by atoms with van der Waals surface area (Å²) in [6, 6.07) is 10.4. The normalized spacial score (nSPS) is 16.7. The highest BCUT2D eigenvalue weighted by Gasteiger charge is 2.29. The van der Waals surface area contributed by atoms with Gasteiger partial charge in [0.1, 0.15) is 34.0 Å². The lowest BCUT2D eigenvalue weighted by Crippen LogP contribution is -2.48. The first-order chi connectivity index (χ1) is 20.1. The van der Waals surface area contributed by atoms with Gasteiger partial charge in [0.2, 0.25) is 5.43 Å². The number of fused-ring (bicyclic) bond motifs is 2. The first-order valence-electron chi connectivity index (χ1n) is 14.1. The van der Waals surface area contributed by atoms with Gasteiger partial charge in [-0.3, -0.25) is 18.9 Å². The monoisotopic (exact) mass is 596 g/mol. The van der Waals surface area contributed by atoms with Crippen molar-refractivity contribution in [1.82, 2.24) is 18.9 Å². The summed E-state index contributed by atoms with van der Waals surface area (Å²) in [6.45, 7) is 9.17. The molecule has 1 saturated carbocycles. The number of benzene rings is 2. The van der Waals surface area contributed by atoms with Crippen LogP contribution in [0.1, 0.15) is 39.7 Å². The maximum absolute atomic E-state index is 15.3. The van der Waals surface area contributed by atoms with E-state index in [-0.39, 0.29) is 16.8 Å². The molecule has 42 heavy (non-hydrogen) atoms. The molecule has 1 aliphatic carbocycles. The highest BCUT2D eigenvalue weighted by Crippen LogP contribution is 2.41. The maximum atomic E-state index is 15.3. The van der Waals surface area contributed by atoms with Gasteiger partial charge in [-0.2, -0.15) is 0 Å². The van der Waals surface area contributed by atoms with E-state index in [4.69, 9.17) is 14.3 Å². The van der Waals surface area contributed by atoms with Gasteiger partial charge in [-0.05, 0) is 75.0 Å². The number of nitrogens with zero attached hydrogens (tertiary/aromatic N) is 3. The summed E-state index contributed by atoms with van der Waals surface area (Å²) in [5, 5.41) is 1.93. The number of rotatable bonds is 7. The SMILES string of the molecule is CC(C)(C)OC(=O)ON1CCN(CCOc2ccc(-c3cc4c(cc3F)c(=O)c3c(=O)[nH]sc3n4C3CC3)cc2)CC1. The molecule has 12 heteroatoms. The maximum Gasteiger partial charge on any atom is 0.528 e. The molecule has 10 nitrogen and oxygen atoms in total. The summed E-state index contributed by atoms with van der Waals surface area (Å²) >= 11 is 1.15. The molecule has 0 amide bonds. The fourth-order valence-corrected chi connectivity index (χ4v) is 6.13. The van der Waals surface area contributed by atoms with Crippen LogP contribution in [0, 0.1) is 5.82 Å². The molecule has 6 rings (SSSR count). The van der Waals surface area contributed by atoms with Crippen LogP contribution in [0.4, 0.5) is 9.18 Å². The van der Waals surface area contributed by atoms with Gasteiger partial charge in [0.25, 0.3) is 5.56 Å². The van der Waals surface area contributed by atoms with Crippen molar-refractivity contribution in [2.45, 2.75) is 45.3 Å². The number of carbonyl (C=O) groups excluding carboxylic acids is 1. The molecule has 0 spiro atoms. The van der Waals surface area contributed by atoms with Crippen LogP contribution in [0.2, 0.25) is 0 Å². The van der Waals surface area contributed by atoms with Crippen LogP contribution in [0.3, 0.4) is 0 Å². The first-order valence-corrected chi connectivity index (χ1v) is 14.9. The van der Waals surface area contributed by atoms with Crippen molar-refractivity contribution in [2.75, 3.05) is 39.3 Å². The van der Waals surface area contributed by atoms with E-state index in [1.165, 1.54) is 6.07 Å². The Kier molecular flexibility index (Phi) is 7.54. The molecule has 1 N–H and O–H groups in total. The van der Waals surface area contributed by atoms with Gasteiger partial charge in [-0.15, -0.1) is 5.06 Å². The highest BCUT2D eigenvalue weighted by atomic mass is 32.1. The zero-order valence-electron chi connectivity index (χ0n) is 23.8. The lowest BCUT2D eigenvalue weighted by molar-refractivity contribution is -0.158. The van der Waals surface area contributed by atoms with E-state index in [0.717, 1.165) is 37.5 Å². The molecule has 0 bridgehead atoms. The number of carbonyl (C=O) groups is 1. The number of H-pyrrole nitrogens is 1. The number of nitrogens with one attached hydrogen (secondary N) is 1. The van der Waals surface area contributed by atoms with Crippen LogP contribution in [0.5, 0.6) is 5.75 Å². The average Bonchev–Trinajstić information content (AvgIpc) is 3.70. The fraction of sp³-hybridized carbons (Fsp3) is 0.433. The van der Waals surface area contributed by atoms with E-state index >= 15 is 4.39 Å². The summed E-state index contributed by atoms with van der Waals surface area (Å²) in [5.74, 6) is 0.150.